The fourth-order valence-corrected chi connectivity index (χ4v) is 2.53. The van der Waals surface area contributed by atoms with Gasteiger partial charge in [-0.25, -0.2) is 14.8 Å². The van der Waals surface area contributed by atoms with Crippen LogP contribution in [0.2, 0.25) is 0 Å². The number of aromatic nitrogens is 2. The number of hydrogen-bond acceptors (Lipinski definition) is 7. The molecule has 7 nitrogen and oxygen atoms in total. The van der Waals surface area contributed by atoms with Crippen LogP contribution in [0.25, 0.3) is 0 Å². The Balaban J connectivity index is 1.80. The van der Waals surface area contributed by atoms with E-state index in [9.17, 15) is 9.59 Å². The van der Waals surface area contributed by atoms with E-state index in [1.807, 2.05) is 0 Å². The van der Waals surface area contributed by atoms with Crippen molar-refractivity contribution in [2.45, 2.75) is 26.7 Å². The van der Waals surface area contributed by atoms with Crippen LogP contribution in [0.4, 0.5) is 5.95 Å². The van der Waals surface area contributed by atoms with Gasteiger partial charge in [-0.1, -0.05) is 0 Å². The zero-order valence-corrected chi connectivity index (χ0v) is 13.8. The third kappa shape index (κ3) is 5.28. The lowest BCUT2D eigenvalue weighted by Gasteiger charge is -2.34. The second kappa shape index (κ2) is 8.57. The molecule has 0 atom stereocenters. The minimum atomic E-state index is -0.394. The zero-order chi connectivity index (χ0) is 16.7. The van der Waals surface area contributed by atoms with E-state index in [1.165, 1.54) is 12.4 Å². The first-order valence-electron chi connectivity index (χ1n) is 8.06. The Bertz CT molecular complexity index is 525. The molecule has 0 unspecified atom stereocenters. The summed E-state index contributed by atoms with van der Waals surface area (Å²) in [6, 6.07) is 0. The molecule has 1 saturated heterocycles. The van der Waals surface area contributed by atoms with E-state index >= 15 is 0 Å². The Morgan fingerprint density at radius 3 is 2.39 bits per heavy atom. The normalized spacial score (nSPS) is 15.5. The quantitative estimate of drug-likeness (QED) is 0.697. The third-order valence-electron chi connectivity index (χ3n) is 3.81. The van der Waals surface area contributed by atoms with Crippen molar-refractivity contribution >= 4 is 17.7 Å². The number of carbonyl (C=O) groups excluding carboxylic acids is 2. The van der Waals surface area contributed by atoms with Crippen molar-refractivity contribution < 1.29 is 14.3 Å². The van der Waals surface area contributed by atoms with Gasteiger partial charge < -0.3 is 14.4 Å². The van der Waals surface area contributed by atoms with Gasteiger partial charge in [0.1, 0.15) is 5.78 Å². The number of hydrogen-bond donors (Lipinski definition) is 0. The van der Waals surface area contributed by atoms with Crippen LogP contribution in [0.15, 0.2) is 12.4 Å². The second-order valence-corrected chi connectivity index (χ2v) is 5.63. The van der Waals surface area contributed by atoms with Gasteiger partial charge in [-0.3, -0.25) is 4.90 Å². The molecule has 0 bridgehead atoms. The van der Waals surface area contributed by atoms with Gasteiger partial charge in [-0.2, -0.15) is 0 Å². The lowest BCUT2D eigenvalue weighted by molar-refractivity contribution is -0.117. The first-order chi connectivity index (χ1) is 11.1. The molecule has 2 rings (SSSR count). The number of Topliss-reactive ketones (excluding diaryl/α,β-unsaturated/α-hetero) is 1. The van der Waals surface area contributed by atoms with Gasteiger partial charge in [0.05, 0.1) is 12.2 Å². The summed E-state index contributed by atoms with van der Waals surface area (Å²) in [7, 11) is 0. The van der Waals surface area contributed by atoms with Gasteiger partial charge in [0.2, 0.25) is 5.95 Å². The zero-order valence-electron chi connectivity index (χ0n) is 13.8. The van der Waals surface area contributed by atoms with Gasteiger partial charge in [-0.15, -0.1) is 0 Å². The molecule has 0 saturated carbocycles. The Kier molecular flexibility index (Phi) is 6.46. The lowest BCUT2D eigenvalue weighted by atomic mass is 10.2. The van der Waals surface area contributed by atoms with Crippen LogP contribution in [0, 0.1) is 0 Å². The molecule has 1 aromatic rings. The first kappa shape index (κ1) is 17.3. The SMILES string of the molecule is CCOC(=O)c1cnc(N2CCN(CCCC(C)=O)CC2)nc1. The summed E-state index contributed by atoms with van der Waals surface area (Å²) in [5.74, 6) is 0.495. The van der Waals surface area contributed by atoms with Crippen LogP contribution < -0.4 is 4.90 Å². The van der Waals surface area contributed by atoms with Gasteiger partial charge in [-0.05, 0) is 26.8 Å². The van der Waals surface area contributed by atoms with Gasteiger partial charge in [0.25, 0.3) is 0 Å². The minimum absolute atomic E-state index is 0.249. The van der Waals surface area contributed by atoms with E-state index in [0.717, 1.165) is 39.1 Å². The van der Waals surface area contributed by atoms with E-state index < -0.39 is 5.97 Å². The Hall–Kier alpha value is -2.02. The number of carbonyl (C=O) groups is 2. The molecular formula is C16H24N4O3. The van der Waals surface area contributed by atoms with Crippen molar-refractivity contribution in [3.63, 3.8) is 0 Å². The van der Waals surface area contributed by atoms with Crippen LogP contribution in [0.1, 0.15) is 37.0 Å². The van der Waals surface area contributed by atoms with E-state index in [-0.39, 0.29) is 5.78 Å². The summed E-state index contributed by atoms with van der Waals surface area (Å²) in [4.78, 5) is 35.5. The number of esters is 1. The highest BCUT2D eigenvalue weighted by Crippen LogP contribution is 2.12. The number of anilines is 1. The van der Waals surface area contributed by atoms with Crippen LogP contribution in [-0.2, 0) is 9.53 Å². The van der Waals surface area contributed by atoms with Gasteiger partial charge in [0, 0.05) is 45.0 Å². The maximum Gasteiger partial charge on any atom is 0.341 e. The number of nitrogens with zero attached hydrogens (tertiary/aromatic N) is 4. The Morgan fingerprint density at radius 2 is 1.83 bits per heavy atom. The maximum atomic E-state index is 11.6. The number of rotatable bonds is 7. The summed E-state index contributed by atoms with van der Waals surface area (Å²) in [5.41, 5.74) is 0.374. The molecule has 23 heavy (non-hydrogen) atoms. The predicted octanol–water partition coefficient (Wildman–Crippen LogP) is 1.14. The minimum Gasteiger partial charge on any atom is -0.462 e. The average Bonchev–Trinajstić information content (AvgIpc) is 2.55. The second-order valence-electron chi connectivity index (χ2n) is 5.63. The fourth-order valence-electron chi connectivity index (χ4n) is 2.53. The highest BCUT2D eigenvalue weighted by molar-refractivity contribution is 5.88. The van der Waals surface area contributed by atoms with E-state index in [4.69, 9.17) is 4.74 Å². The van der Waals surface area contributed by atoms with Crippen LogP contribution >= 0.6 is 0 Å². The number of ether oxygens (including phenoxy) is 1. The first-order valence-corrected chi connectivity index (χ1v) is 8.06. The van der Waals surface area contributed by atoms with E-state index in [1.54, 1.807) is 13.8 Å². The summed E-state index contributed by atoms with van der Waals surface area (Å²) >= 11 is 0. The smallest absolute Gasteiger partial charge is 0.341 e. The molecule has 1 fully saturated rings. The van der Waals surface area contributed by atoms with Crippen LogP contribution in [-0.4, -0.2) is 66.0 Å². The lowest BCUT2D eigenvalue weighted by Crippen LogP contribution is -2.47. The van der Waals surface area contributed by atoms with Crippen molar-refractivity contribution in [2.24, 2.45) is 0 Å². The molecule has 1 aromatic heterocycles. The summed E-state index contributed by atoms with van der Waals surface area (Å²) in [6.07, 6.45) is 4.60. The summed E-state index contributed by atoms with van der Waals surface area (Å²) < 4.78 is 4.92. The van der Waals surface area contributed by atoms with Crippen LogP contribution in [0.5, 0.6) is 0 Å². The monoisotopic (exact) mass is 320 g/mol. The number of ketones is 1. The molecule has 2 heterocycles. The molecule has 0 aliphatic carbocycles. The molecule has 1 aliphatic heterocycles. The third-order valence-corrected chi connectivity index (χ3v) is 3.81. The molecule has 0 radical (unpaired) electrons. The van der Waals surface area contributed by atoms with Gasteiger partial charge >= 0.3 is 5.97 Å². The molecular weight excluding hydrogens is 296 g/mol. The summed E-state index contributed by atoms with van der Waals surface area (Å²) in [5, 5.41) is 0. The molecule has 0 aromatic carbocycles. The highest BCUT2D eigenvalue weighted by atomic mass is 16.5. The molecule has 7 heteroatoms. The standard InChI is InChI=1S/C16H24N4O3/c1-3-23-15(22)14-11-17-16(18-12-14)20-9-7-19(8-10-20)6-4-5-13(2)21/h11-12H,3-10H2,1-2H3. The van der Waals surface area contributed by atoms with Crippen molar-refractivity contribution in [1.82, 2.24) is 14.9 Å². The van der Waals surface area contributed by atoms with E-state index in [2.05, 4.69) is 19.8 Å². The van der Waals surface area contributed by atoms with Crippen molar-refractivity contribution in [3.05, 3.63) is 18.0 Å². The Labute approximate surface area is 136 Å². The molecule has 0 N–H and O–H groups in total. The maximum absolute atomic E-state index is 11.6. The molecule has 0 amide bonds. The largest absolute Gasteiger partial charge is 0.462 e. The predicted molar refractivity (Wildman–Crippen MR) is 86.6 cm³/mol. The average molecular weight is 320 g/mol. The molecule has 0 spiro atoms. The molecule has 1 aliphatic rings. The highest BCUT2D eigenvalue weighted by Gasteiger charge is 2.19. The van der Waals surface area contributed by atoms with Gasteiger partial charge in [0.15, 0.2) is 0 Å². The van der Waals surface area contributed by atoms with Crippen molar-refractivity contribution in [1.29, 1.82) is 0 Å². The molecule has 126 valence electrons. The number of piperazine rings is 1. The van der Waals surface area contributed by atoms with Crippen molar-refractivity contribution in [2.75, 3.05) is 44.2 Å². The van der Waals surface area contributed by atoms with Crippen molar-refractivity contribution in [3.8, 4) is 0 Å². The van der Waals surface area contributed by atoms with E-state index in [0.29, 0.717) is 24.5 Å². The topological polar surface area (TPSA) is 75.6 Å². The van der Waals surface area contributed by atoms with Crippen LogP contribution in [0.3, 0.4) is 0 Å². The fraction of sp³-hybridized carbons (Fsp3) is 0.625. The summed E-state index contributed by atoms with van der Waals surface area (Å²) in [6.45, 7) is 8.25. The Morgan fingerprint density at radius 1 is 1.17 bits per heavy atom.